The Kier molecular flexibility index (Phi) is 10.1. The summed E-state index contributed by atoms with van der Waals surface area (Å²) in [6.07, 6.45) is 0.281. The largest absolute Gasteiger partial charge is 0.483 e. The third-order valence-electron chi connectivity index (χ3n) is 6.15. The molecule has 0 radical (unpaired) electrons. The number of hydrogen-bond acceptors (Lipinski definition) is 3. The molecule has 38 heavy (non-hydrogen) atoms. The molecule has 1 N–H and O–H groups in total. The molecule has 0 aliphatic rings. The molecule has 3 aromatic carbocycles. The highest BCUT2D eigenvalue weighted by Crippen LogP contribution is 2.31. The Morgan fingerprint density at radius 3 is 2.26 bits per heavy atom. The van der Waals surface area contributed by atoms with Crippen molar-refractivity contribution in [2.24, 2.45) is 0 Å². The first kappa shape index (κ1) is 29.4. The van der Waals surface area contributed by atoms with Crippen molar-refractivity contribution in [1.29, 1.82) is 0 Å². The first-order chi connectivity index (χ1) is 18.0. The number of nitrogens with one attached hydrogen (secondary N) is 1. The molecular weight excluding hydrogens is 547 g/mol. The van der Waals surface area contributed by atoms with Crippen LogP contribution in [0.5, 0.6) is 5.75 Å². The molecule has 0 aliphatic carbocycles. The topological polar surface area (TPSA) is 58.6 Å². The van der Waals surface area contributed by atoms with Gasteiger partial charge in [-0.1, -0.05) is 75.4 Å². The molecule has 0 saturated heterocycles. The van der Waals surface area contributed by atoms with E-state index in [-0.39, 0.29) is 36.9 Å². The second kappa shape index (κ2) is 13.1. The van der Waals surface area contributed by atoms with Gasteiger partial charge in [-0.15, -0.1) is 0 Å². The number of hydrogen-bond donors (Lipinski definition) is 1. The zero-order chi connectivity index (χ0) is 27.9. The third-order valence-corrected chi connectivity index (χ3v) is 6.77. The van der Waals surface area contributed by atoms with Crippen molar-refractivity contribution in [2.45, 2.75) is 65.1 Å². The van der Waals surface area contributed by atoms with E-state index >= 15 is 0 Å². The molecule has 0 fully saturated rings. The van der Waals surface area contributed by atoms with Gasteiger partial charge < -0.3 is 15.0 Å². The molecule has 3 rings (SSSR count). The second-order valence-corrected chi connectivity index (χ2v) is 11.5. The summed E-state index contributed by atoms with van der Waals surface area (Å²) in [5, 5.41) is 2.93. The minimum absolute atomic E-state index is 0.0398. The molecule has 0 saturated carbocycles. The number of amides is 2. The van der Waals surface area contributed by atoms with E-state index in [1.807, 2.05) is 62.4 Å². The SMILES string of the molecule is CC(C)NC(=O)[C@H](Cc1ccccc1)N(Cc1ccccc1F)C(=O)COc1ccc(C(C)(C)C)cc1Br. The van der Waals surface area contributed by atoms with Crippen LogP contribution in [0, 0.1) is 5.82 Å². The Labute approximate surface area is 233 Å². The maximum atomic E-state index is 14.7. The number of rotatable bonds is 10. The van der Waals surface area contributed by atoms with Crippen LogP contribution in [0.1, 0.15) is 51.3 Å². The van der Waals surface area contributed by atoms with E-state index in [9.17, 15) is 14.0 Å². The van der Waals surface area contributed by atoms with Crippen LogP contribution >= 0.6 is 15.9 Å². The Morgan fingerprint density at radius 2 is 1.66 bits per heavy atom. The highest BCUT2D eigenvalue weighted by Gasteiger charge is 2.31. The Bertz CT molecular complexity index is 1240. The zero-order valence-corrected chi connectivity index (χ0v) is 24.2. The van der Waals surface area contributed by atoms with Gasteiger partial charge in [-0.05, 0) is 64.5 Å². The smallest absolute Gasteiger partial charge is 0.261 e. The maximum Gasteiger partial charge on any atom is 0.261 e. The minimum Gasteiger partial charge on any atom is -0.483 e. The molecule has 3 aromatic rings. The van der Waals surface area contributed by atoms with Gasteiger partial charge in [0.15, 0.2) is 6.61 Å². The monoisotopic (exact) mass is 582 g/mol. The molecule has 2 amide bonds. The van der Waals surface area contributed by atoms with Crippen molar-refractivity contribution < 1.29 is 18.7 Å². The van der Waals surface area contributed by atoms with Crippen LogP contribution in [0.3, 0.4) is 0 Å². The summed E-state index contributed by atoms with van der Waals surface area (Å²) < 4.78 is 21.3. The Hall–Kier alpha value is -3.19. The molecule has 0 heterocycles. The Balaban J connectivity index is 1.92. The van der Waals surface area contributed by atoms with Gasteiger partial charge in [0.25, 0.3) is 5.91 Å². The van der Waals surface area contributed by atoms with Crippen LogP contribution in [0.25, 0.3) is 0 Å². The molecule has 1 atom stereocenters. The van der Waals surface area contributed by atoms with Gasteiger partial charge in [0, 0.05) is 24.6 Å². The maximum absolute atomic E-state index is 14.7. The standard InChI is InChI=1S/C31H36BrFN2O3/c1-21(2)34-30(37)27(17-22-11-7-6-8-12-22)35(19-23-13-9-10-14-26(23)33)29(36)20-38-28-16-15-24(18-25(28)32)31(3,4)5/h6-16,18,21,27H,17,19-20H2,1-5H3,(H,34,37)/t27-/m0/s1. The lowest BCUT2D eigenvalue weighted by molar-refractivity contribution is -0.143. The van der Waals surface area contributed by atoms with E-state index in [4.69, 9.17) is 4.74 Å². The third kappa shape index (κ3) is 8.15. The van der Waals surface area contributed by atoms with E-state index in [0.29, 0.717) is 11.3 Å². The number of ether oxygens (including phenoxy) is 1. The summed E-state index contributed by atoms with van der Waals surface area (Å²) >= 11 is 3.55. The number of nitrogens with zero attached hydrogens (tertiary/aromatic N) is 1. The summed E-state index contributed by atoms with van der Waals surface area (Å²) in [5.41, 5.74) is 2.30. The zero-order valence-electron chi connectivity index (χ0n) is 22.6. The minimum atomic E-state index is -0.859. The summed E-state index contributed by atoms with van der Waals surface area (Å²) in [7, 11) is 0. The van der Waals surface area contributed by atoms with Crippen LogP contribution in [0.2, 0.25) is 0 Å². The second-order valence-electron chi connectivity index (χ2n) is 10.7. The van der Waals surface area contributed by atoms with Crippen molar-refractivity contribution in [1.82, 2.24) is 10.2 Å². The van der Waals surface area contributed by atoms with Gasteiger partial charge in [-0.2, -0.15) is 0 Å². The van der Waals surface area contributed by atoms with E-state index in [1.54, 1.807) is 18.2 Å². The number of carbonyl (C=O) groups is 2. The van der Waals surface area contributed by atoms with Gasteiger partial charge in [-0.3, -0.25) is 9.59 Å². The fourth-order valence-electron chi connectivity index (χ4n) is 4.05. The fourth-order valence-corrected chi connectivity index (χ4v) is 4.54. The number of benzene rings is 3. The lowest BCUT2D eigenvalue weighted by Crippen LogP contribution is -2.53. The van der Waals surface area contributed by atoms with Crippen molar-refractivity contribution >= 4 is 27.7 Å². The van der Waals surface area contributed by atoms with E-state index < -0.39 is 17.8 Å². The number of halogens is 2. The lowest BCUT2D eigenvalue weighted by atomic mass is 9.87. The van der Waals surface area contributed by atoms with Gasteiger partial charge in [0.1, 0.15) is 17.6 Å². The predicted molar refractivity (Wildman–Crippen MR) is 152 cm³/mol. The summed E-state index contributed by atoms with van der Waals surface area (Å²) in [4.78, 5) is 28.5. The van der Waals surface area contributed by atoms with Crippen LogP contribution in [0.15, 0.2) is 77.3 Å². The molecular formula is C31H36BrFN2O3. The van der Waals surface area contributed by atoms with Gasteiger partial charge in [0.05, 0.1) is 4.47 Å². The van der Waals surface area contributed by atoms with Crippen molar-refractivity contribution in [2.75, 3.05) is 6.61 Å². The molecule has 0 unspecified atom stereocenters. The molecule has 0 aliphatic heterocycles. The first-order valence-electron chi connectivity index (χ1n) is 12.8. The van der Waals surface area contributed by atoms with Crippen LogP contribution in [-0.2, 0) is 28.0 Å². The summed E-state index contributed by atoms with van der Waals surface area (Å²) in [5.74, 6) is -0.637. The highest BCUT2D eigenvalue weighted by atomic mass is 79.9. The van der Waals surface area contributed by atoms with Gasteiger partial charge in [0.2, 0.25) is 5.91 Å². The average Bonchev–Trinajstić information content (AvgIpc) is 2.85. The van der Waals surface area contributed by atoms with Gasteiger partial charge in [-0.25, -0.2) is 4.39 Å². The van der Waals surface area contributed by atoms with Crippen molar-refractivity contribution in [3.8, 4) is 5.75 Å². The van der Waals surface area contributed by atoms with E-state index in [0.717, 1.165) is 15.6 Å². The first-order valence-corrected chi connectivity index (χ1v) is 13.5. The molecule has 7 heteroatoms. The number of carbonyl (C=O) groups excluding carboxylic acids is 2. The van der Waals surface area contributed by atoms with Crippen LogP contribution in [0.4, 0.5) is 4.39 Å². The van der Waals surface area contributed by atoms with Crippen molar-refractivity contribution in [3.05, 3.63) is 99.8 Å². The Morgan fingerprint density at radius 1 is 1.00 bits per heavy atom. The molecule has 0 bridgehead atoms. The highest BCUT2D eigenvalue weighted by molar-refractivity contribution is 9.10. The molecule has 0 aromatic heterocycles. The van der Waals surface area contributed by atoms with E-state index in [2.05, 4.69) is 42.0 Å². The summed E-state index contributed by atoms with van der Waals surface area (Å²) in [6.45, 7) is 9.71. The molecule has 202 valence electrons. The molecule has 5 nitrogen and oxygen atoms in total. The summed E-state index contributed by atoms with van der Waals surface area (Å²) in [6, 6.07) is 20.6. The quantitative estimate of drug-likeness (QED) is 0.299. The predicted octanol–water partition coefficient (Wildman–Crippen LogP) is 6.43. The molecule has 0 spiro atoms. The average molecular weight is 584 g/mol. The fraction of sp³-hybridized carbons (Fsp3) is 0.355. The normalized spacial score (nSPS) is 12.2. The van der Waals surface area contributed by atoms with Crippen LogP contribution in [-0.4, -0.2) is 35.4 Å². The van der Waals surface area contributed by atoms with E-state index in [1.165, 1.54) is 11.0 Å². The lowest BCUT2D eigenvalue weighted by Gasteiger charge is -2.32. The van der Waals surface area contributed by atoms with Crippen molar-refractivity contribution in [3.63, 3.8) is 0 Å². The van der Waals surface area contributed by atoms with Crippen LogP contribution < -0.4 is 10.1 Å². The van der Waals surface area contributed by atoms with Gasteiger partial charge >= 0.3 is 0 Å².